The predicted molar refractivity (Wildman–Crippen MR) is 108 cm³/mol. The van der Waals surface area contributed by atoms with E-state index in [0.717, 1.165) is 49.4 Å². The highest BCUT2D eigenvalue weighted by Crippen LogP contribution is 2.34. The molecule has 4 nitrogen and oxygen atoms in total. The molecule has 0 spiro atoms. The zero-order valence-corrected chi connectivity index (χ0v) is 16.7. The van der Waals surface area contributed by atoms with Crippen LogP contribution in [0.2, 0.25) is 0 Å². The topological polar surface area (TPSA) is 41.9 Å². The summed E-state index contributed by atoms with van der Waals surface area (Å²) in [6, 6.07) is 14.6. The molecule has 0 bridgehead atoms. The molecule has 0 atom stereocenters. The molecule has 0 aromatic heterocycles. The van der Waals surface area contributed by atoms with Crippen LogP contribution in [-0.4, -0.2) is 36.8 Å². The van der Waals surface area contributed by atoms with Crippen LogP contribution >= 0.6 is 0 Å². The molecule has 1 heterocycles. The Hall–Kier alpha value is -1.88. The molecule has 1 N–H and O–H groups in total. The van der Waals surface area contributed by atoms with Gasteiger partial charge in [-0.1, -0.05) is 35.9 Å². The van der Waals surface area contributed by atoms with Crippen LogP contribution in [0.3, 0.4) is 0 Å². The maximum Gasteiger partial charge on any atom is 0.124 e. The van der Waals surface area contributed by atoms with E-state index >= 15 is 0 Å². The third kappa shape index (κ3) is 4.89. The summed E-state index contributed by atoms with van der Waals surface area (Å²) in [5.74, 6) is 0.875. The highest BCUT2D eigenvalue weighted by atomic mass is 16.5. The molecule has 27 heavy (non-hydrogen) atoms. The third-order valence-corrected chi connectivity index (χ3v) is 5.45. The number of benzene rings is 2. The van der Waals surface area contributed by atoms with Gasteiger partial charge in [-0.05, 0) is 49.9 Å². The second-order valence-electron chi connectivity index (χ2n) is 7.46. The number of likely N-dealkylation sites (tertiary alicyclic amines) is 1. The summed E-state index contributed by atoms with van der Waals surface area (Å²) in [5, 5.41) is 11.1. The Morgan fingerprint density at radius 2 is 1.89 bits per heavy atom. The fraction of sp³-hybridized carbons (Fsp3) is 0.478. The second-order valence-corrected chi connectivity index (χ2v) is 7.46. The number of ether oxygens (including phenoxy) is 2. The molecule has 2 aromatic rings. The van der Waals surface area contributed by atoms with Crippen LogP contribution in [0.25, 0.3) is 0 Å². The molecule has 0 radical (unpaired) electrons. The maximum atomic E-state index is 11.1. The predicted octanol–water partition coefficient (Wildman–Crippen LogP) is 4.02. The molecular weight excluding hydrogens is 338 g/mol. The van der Waals surface area contributed by atoms with E-state index in [1.807, 2.05) is 25.1 Å². The molecule has 1 saturated heterocycles. The molecule has 1 aliphatic heterocycles. The van der Waals surface area contributed by atoms with Crippen molar-refractivity contribution < 1.29 is 14.6 Å². The summed E-state index contributed by atoms with van der Waals surface area (Å²) >= 11 is 0. The number of rotatable bonds is 7. The number of hydrogen-bond donors (Lipinski definition) is 1. The minimum atomic E-state index is -0.706. The molecule has 2 aromatic carbocycles. The van der Waals surface area contributed by atoms with E-state index in [2.05, 4.69) is 36.1 Å². The summed E-state index contributed by atoms with van der Waals surface area (Å²) in [6.45, 7) is 7.99. The minimum Gasteiger partial charge on any atom is -0.496 e. The molecule has 0 saturated carbocycles. The lowest BCUT2D eigenvalue weighted by molar-refractivity contribution is -0.0277. The van der Waals surface area contributed by atoms with Gasteiger partial charge in [-0.2, -0.15) is 0 Å². The lowest BCUT2D eigenvalue weighted by atomic mass is 9.84. The highest BCUT2D eigenvalue weighted by Gasteiger charge is 2.33. The van der Waals surface area contributed by atoms with Crippen molar-refractivity contribution >= 4 is 0 Å². The van der Waals surface area contributed by atoms with Gasteiger partial charge in [-0.25, -0.2) is 0 Å². The molecule has 0 unspecified atom stereocenters. The lowest BCUT2D eigenvalue weighted by Crippen LogP contribution is -2.42. The van der Waals surface area contributed by atoms with Gasteiger partial charge in [0, 0.05) is 31.8 Å². The number of aryl methyl sites for hydroxylation is 1. The summed E-state index contributed by atoms with van der Waals surface area (Å²) in [7, 11) is 1.70. The van der Waals surface area contributed by atoms with Crippen LogP contribution in [0.5, 0.6) is 5.75 Å². The van der Waals surface area contributed by atoms with Crippen LogP contribution in [-0.2, 0) is 23.5 Å². The quantitative estimate of drug-likeness (QED) is 0.800. The number of nitrogens with zero attached hydrogens (tertiary/aromatic N) is 1. The van der Waals surface area contributed by atoms with Crippen molar-refractivity contribution in [3.05, 3.63) is 64.7 Å². The first-order chi connectivity index (χ1) is 13.0. The Kier molecular flexibility index (Phi) is 6.53. The van der Waals surface area contributed by atoms with E-state index in [9.17, 15) is 5.11 Å². The summed E-state index contributed by atoms with van der Waals surface area (Å²) in [6.07, 6.45) is 1.52. The van der Waals surface area contributed by atoms with Gasteiger partial charge in [0.05, 0.1) is 19.3 Å². The molecule has 1 fully saturated rings. The first kappa shape index (κ1) is 19.9. The SMILES string of the molecule is CCOCc1cc(CN2CCC(O)(c3cccc(C)c3)CC2)ccc1OC. The van der Waals surface area contributed by atoms with Crippen LogP contribution in [0, 0.1) is 6.92 Å². The Balaban J connectivity index is 1.63. The van der Waals surface area contributed by atoms with E-state index in [-0.39, 0.29) is 0 Å². The molecule has 0 aliphatic carbocycles. The molecule has 3 rings (SSSR count). The number of methoxy groups -OCH3 is 1. The van der Waals surface area contributed by atoms with Crippen LogP contribution in [0.1, 0.15) is 42.0 Å². The van der Waals surface area contributed by atoms with E-state index in [1.54, 1.807) is 7.11 Å². The van der Waals surface area contributed by atoms with E-state index < -0.39 is 5.60 Å². The largest absolute Gasteiger partial charge is 0.496 e. The molecule has 1 aliphatic rings. The fourth-order valence-electron chi connectivity index (χ4n) is 3.82. The maximum absolute atomic E-state index is 11.1. The van der Waals surface area contributed by atoms with Gasteiger partial charge in [-0.15, -0.1) is 0 Å². The van der Waals surface area contributed by atoms with Crippen molar-refractivity contribution in [2.24, 2.45) is 0 Å². The average Bonchev–Trinajstić information content (AvgIpc) is 2.68. The molecule has 146 valence electrons. The standard InChI is InChI=1S/C23H31NO3/c1-4-27-17-20-15-19(8-9-22(20)26-3)16-24-12-10-23(25,11-13-24)21-7-5-6-18(2)14-21/h5-9,14-15,25H,4,10-13,16-17H2,1-3H3. The summed E-state index contributed by atoms with van der Waals surface area (Å²) in [4.78, 5) is 2.41. The van der Waals surface area contributed by atoms with Crippen LogP contribution in [0.4, 0.5) is 0 Å². The van der Waals surface area contributed by atoms with Gasteiger partial charge < -0.3 is 14.6 Å². The third-order valence-electron chi connectivity index (χ3n) is 5.45. The van der Waals surface area contributed by atoms with Crippen molar-refractivity contribution in [2.75, 3.05) is 26.8 Å². The number of aliphatic hydroxyl groups is 1. The Bertz CT molecular complexity index is 751. The first-order valence-corrected chi connectivity index (χ1v) is 9.79. The first-order valence-electron chi connectivity index (χ1n) is 9.79. The molecule has 4 heteroatoms. The Labute approximate surface area is 162 Å². The summed E-state index contributed by atoms with van der Waals surface area (Å²) < 4.78 is 11.0. The van der Waals surface area contributed by atoms with Gasteiger partial charge in [0.1, 0.15) is 5.75 Å². The van der Waals surface area contributed by atoms with E-state index in [4.69, 9.17) is 9.47 Å². The van der Waals surface area contributed by atoms with Gasteiger partial charge in [0.25, 0.3) is 0 Å². The zero-order valence-electron chi connectivity index (χ0n) is 16.7. The smallest absolute Gasteiger partial charge is 0.124 e. The molecular formula is C23H31NO3. The molecule has 0 amide bonds. The van der Waals surface area contributed by atoms with Crippen LogP contribution in [0.15, 0.2) is 42.5 Å². The zero-order chi connectivity index (χ0) is 19.3. The van der Waals surface area contributed by atoms with Gasteiger partial charge in [-0.3, -0.25) is 4.90 Å². The number of hydrogen-bond acceptors (Lipinski definition) is 4. The highest BCUT2D eigenvalue weighted by molar-refractivity contribution is 5.37. The van der Waals surface area contributed by atoms with Crippen molar-refractivity contribution in [1.29, 1.82) is 0 Å². The van der Waals surface area contributed by atoms with Crippen molar-refractivity contribution in [3.63, 3.8) is 0 Å². The Morgan fingerprint density at radius 1 is 1.11 bits per heavy atom. The lowest BCUT2D eigenvalue weighted by Gasteiger charge is -2.38. The van der Waals surface area contributed by atoms with E-state index in [0.29, 0.717) is 13.2 Å². The van der Waals surface area contributed by atoms with Gasteiger partial charge in [0.2, 0.25) is 0 Å². The summed E-state index contributed by atoms with van der Waals surface area (Å²) in [5.41, 5.74) is 3.88. The van der Waals surface area contributed by atoms with Gasteiger partial charge in [0.15, 0.2) is 0 Å². The van der Waals surface area contributed by atoms with Crippen molar-refractivity contribution in [3.8, 4) is 5.75 Å². The van der Waals surface area contributed by atoms with E-state index in [1.165, 1.54) is 11.1 Å². The Morgan fingerprint density at radius 3 is 2.56 bits per heavy atom. The fourth-order valence-corrected chi connectivity index (χ4v) is 3.82. The monoisotopic (exact) mass is 369 g/mol. The average molecular weight is 370 g/mol. The van der Waals surface area contributed by atoms with Gasteiger partial charge >= 0.3 is 0 Å². The van der Waals surface area contributed by atoms with Crippen LogP contribution < -0.4 is 4.74 Å². The minimum absolute atomic E-state index is 0.570. The normalized spacial score (nSPS) is 17.0. The number of piperidine rings is 1. The second kappa shape index (κ2) is 8.87. The van der Waals surface area contributed by atoms with Crippen molar-refractivity contribution in [1.82, 2.24) is 4.90 Å². The van der Waals surface area contributed by atoms with Crippen molar-refractivity contribution in [2.45, 2.75) is 45.4 Å².